The summed E-state index contributed by atoms with van der Waals surface area (Å²) in [5.74, 6) is -1.62. The minimum Gasteiger partial charge on any atom is -0.457 e. The van der Waals surface area contributed by atoms with E-state index in [4.69, 9.17) is 15.2 Å². The van der Waals surface area contributed by atoms with Crippen molar-refractivity contribution in [1.82, 2.24) is 4.98 Å². The van der Waals surface area contributed by atoms with Gasteiger partial charge in [0.05, 0.1) is 46.0 Å². The van der Waals surface area contributed by atoms with E-state index in [1.54, 1.807) is 19.9 Å². The Labute approximate surface area is 241 Å². The third-order valence-electron chi connectivity index (χ3n) is 8.91. The Morgan fingerprint density at radius 1 is 1.25 bits per heavy atom. The third kappa shape index (κ3) is 6.65. The fourth-order valence-corrected chi connectivity index (χ4v) is 6.72. The van der Waals surface area contributed by atoms with Gasteiger partial charge in [-0.15, -0.1) is 17.9 Å². The number of thiazole rings is 1. The number of ketones is 1. The highest BCUT2D eigenvalue weighted by Gasteiger charge is 2.53. The van der Waals surface area contributed by atoms with Crippen molar-refractivity contribution in [3.63, 3.8) is 0 Å². The number of hydrogen-bond donors (Lipinski definition) is 3. The van der Waals surface area contributed by atoms with Crippen LogP contribution in [0.3, 0.4) is 0 Å². The maximum atomic E-state index is 13.7. The maximum absolute atomic E-state index is 13.7. The lowest BCUT2D eigenvalue weighted by molar-refractivity contribution is -0.156. The molecule has 8 nitrogen and oxygen atoms in total. The molecule has 2 aromatic rings. The Balaban J connectivity index is 1.63. The molecule has 9 heteroatoms. The van der Waals surface area contributed by atoms with Crippen LogP contribution in [0.5, 0.6) is 0 Å². The third-order valence-corrected chi connectivity index (χ3v) is 9.97. The quantitative estimate of drug-likeness (QED) is 0.259. The van der Waals surface area contributed by atoms with Gasteiger partial charge in [0.2, 0.25) is 0 Å². The number of aliphatic hydroxyl groups excluding tert-OH is 2. The van der Waals surface area contributed by atoms with Crippen molar-refractivity contribution in [2.24, 2.45) is 23.0 Å². The zero-order chi connectivity index (χ0) is 29.2. The summed E-state index contributed by atoms with van der Waals surface area (Å²) in [5, 5.41) is 23.2. The van der Waals surface area contributed by atoms with Crippen LogP contribution in [-0.4, -0.2) is 50.9 Å². The number of Topliss-reactive ketones (excluding diaryl/α,β-unsaturated/α-hetero) is 1. The van der Waals surface area contributed by atoms with Crippen molar-refractivity contribution in [1.29, 1.82) is 0 Å². The van der Waals surface area contributed by atoms with Gasteiger partial charge in [0, 0.05) is 18.9 Å². The normalized spacial score (nSPS) is 33.8. The van der Waals surface area contributed by atoms with E-state index in [0.29, 0.717) is 25.8 Å². The van der Waals surface area contributed by atoms with Crippen molar-refractivity contribution in [2.45, 2.75) is 109 Å². The molecule has 0 amide bonds. The van der Waals surface area contributed by atoms with Gasteiger partial charge in [-0.25, -0.2) is 4.98 Å². The van der Waals surface area contributed by atoms with Crippen molar-refractivity contribution >= 4 is 33.3 Å². The molecule has 3 heterocycles. The van der Waals surface area contributed by atoms with Gasteiger partial charge in [-0.2, -0.15) is 0 Å². The van der Waals surface area contributed by atoms with Crippen LogP contribution >= 0.6 is 11.3 Å². The second kappa shape index (κ2) is 12.4. The van der Waals surface area contributed by atoms with Gasteiger partial charge in [0.25, 0.3) is 0 Å². The number of cyclic esters (lactones) is 1. The number of allylic oxidation sites excluding steroid dienone is 1. The number of carbonyl (C=O) groups is 2. The minimum absolute atomic E-state index is 0.0903. The fraction of sp³-hybridized carbons (Fsp3) is 0.645. The summed E-state index contributed by atoms with van der Waals surface area (Å²) in [7, 11) is 0. The minimum atomic E-state index is -1.27. The standard InChI is InChI=1S/C31H44N2O6S/c1-6-7-10-20-28(36)18(2)9-8-13-31(5)25(39-31)15-22(38-27(35)16-24(34)30(3,4)29(20)37)19-11-12-23-21(14-19)33-26(17-32)40-23/h6,11-12,14,18,20,22,24-25,28,34,36H,1,7-10,13,15-17,32H2,2-5H3/t18-,20+,22-,24-,25-,28-,31+/m0/s1. The zero-order valence-electron chi connectivity index (χ0n) is 24.1. The zero-order valence-corrected chi connectivity index (χ0v) is 24.9. The molecule has 0 saturated carbocycles. The highest BCUT2D eigenvalue weighted by atomic mass is 32.1. The number of ether oxygens (including phenoxy) is 2. The molecule has 1 aromatic carbocycles. The molecule has 0 aliphatic carbocycles. The van der Waals surface area contributed by atoms with E-state index in [1.807, 2.05) is 25.1 Å². The van der Waals surface area contributed by atoms with E-state index in [2.05, 4.69) is 18.5 Å². The lowest BCUT2D eigenvalue weighted by Gasteiger charge is -2.36. The second-order valence-electron chi connectivity index (χ2n) is 12.3. The molecule has 2 fully saturated rings. The van der Waals surface area contributed by atoms with Crippen LogP contribution < -0.4 is 5.73 Å². The van der Waals surface area contributed by atoms with Crippen LogP contribution in [0.1, 0.15) is 89.3 Å². The topological polar surface area (TPSA) is 135 Å². The van der Waals surface area contributed by atoms with Crippen LogP contribution in [0, 0.1) is 17.3 Å². The first-order chi connectivity index (χ1) is 18.9. The number of hydrogen-bond acceptors (Lipinski definition) is 9. The summed E-state index contributed by atoms with van der Waals surface area (Å²) >= 11 is 1.54. The van der Waals surface area contributed by atoms with Gasteiger partial charge in [-0.1, -0.05) is 39.3 Å². The summed E-state index contributed by atoms with van der Waals surface area (Å²) in [6.07, 6.45) is 2.44. The number of fused-ring (bicyclic) bond motifs is 2. The molecule has 40 heavy (non-hydrogen) atoms. The number of esters is 1. The van der Waals surface area contributed by atoms with Crippen LogP contribution in [-0.2, 0) is 25.6 Å². The highest BCUT2D eigenvalue weighted by Crippen LogP contribution is 2.47. The van der Waals surface area contributed by atoms with Gasteiger partial charge in [0.15, 0.2) is 0 Å². The van der Waals surface area contributed by atoms with Crippen LogP contribution in [0.4, 0.5) is 0 Å². The van der Waals surface area contributed by atoms with Crippen LogP contribution in [0.25, 0.3) is 10.2 Å². The molecule has 1 aromatic heterocycles. The predicted molar refractivity (Wildman–Crippen MR) is 156 cm³/mol. The largest absolute Gasteiger partial charge is 0.457 e. The summed E-state index contributed by atoms with van der Waals surface area (Å²) in [4.78, 5) is 31.6. The van der Waals surface area contributed by atoms with E-state index in [-0.39, 0.29) is 29.8 Å². The SMILES string of the molecule is C=CCC[C@H]1C(=O)C(C)(C)[C@@H](O)CC(=O)O[C@H](c2ccc3sc(CN)nc3c2)C[C@@H]2O[C@]2(C)CCC[C@H](C)[C@@H]1O. The molecule has 2 aliphatic heterocycles. The molecule has 4 rings (SSSR count). The molecule has 220 valence electrons. The smallest absolute Gasteiger partial charge is 0.309 e. The Morgan fingerprint density at radius 3 is 2.70 bits per heavy atom. The maximum Gasteiger partial charge on any atom is 0.309 e. The first-order valence-electron chi connectivity index (χ1n) is 14.4. The fourth-order valence-electron chi connectivity index (χ4n) is 5.89. The second-order valence-corrected chi connectivity index (χ2v) is 13.4. The van der Waals surface area contributed by atoms with Gasteiger partial charge in [0.1, 0.15) is 16.9 Å². The number of nitrogens with two attached hydrogens (primary N) is 1. The summed E-state index contributed by atoms with van der Waals surface area (Å²) < 4.78 is 13.1. The molecule has 2 saturated heterocycles. The lowest BCUT2D eigenvalue weighted by atomic mass is 9.71. The number of aromatic nitrogens is 1. The first-order valence-corrected chi connectivity index (χ1v) is 15.2. The number of nitrogens with zero attached hydrogens (tertiary/aromatic N) is 1. The Bertz CT molecular complexity index is 1230. The number of aliphatic hydroxyl groups is 2. The average Bonchev–Trinajstić information content (AvgIpc) is 3.35. The number of rotatable bonds is 5. The van der Waals surface area contributed by atoms with Crippen molar-refractivity contribution in [2.75, 3.05) is 0 Å². The number of benzene rings is 1. The predicted octanol–water partition coefficient (Wildman–Crippen LogP) is 5.00. The summed E-state index contributed by atoms with van der Waals surface area (Å²) in [6.45, 7) is 11.4. The van der Waals surface area contributed by atoms with Crippen molar-refractivity contribution < 1.29 is 29.3 Å². The molecule has 2 aliphatic rings. The van der Waals surface area contributed by atoms with Crippen LogP contribution in [0.15, 0.2) is 30.9 Å². The van der Waals surface area contributed by atoms with E-state index in [0.717, 1.165) is 40.1 Å². The molecule has 0 unspecified atom stereocenters. The number of carbonyl (C=O) groups excluding carboxylic acids is 2. The molecule has 0 spiro atoms. The summed E-state index contributed by atoms with van der Waals surface area (Å²) in [5.41, 5.74) is 5.79. The molecule has 7 atom stereocenters. The molecule has 0 radical (unpaired) electrons. The van der Waals surface area contributed by atoms with Gasteiger partial charge < -0.3 is 25.4 Å². The van der Waals surface area contributed by atoms with E-state index < -0.39 is 35.6 Å². The molecular weight excluding hydrogens is 528 g/mol. The first kappa shape index (κ1) is 30.8. The molecule has 4 N–H and O–H groups in total. The van der Waals surface area contributed by atoms with E-state index in [1.165, 1.54) is 11.3 Å². The monoisotopic (exact) mass is 572 g/mol. The molecular formula is C31H44N2O6S. The van der Waals surface area contributed by atoms with Crippen molar-refractivity contribution in [3.05, 3.63) is 41.4 Å². The van der Waals surface area contributed by atoms with Crippen molar-refractivity contribution in [3.8, 4) is 0 Å². The van der Waals surface area contributed by atoms with E-state index >= 15 is 0 Å². The van der Waals surface area contributed by atoms with E-state index in [9.17, 15) is 19.8 Å². The molecule has 0 bridgehead atoms. The van der Waals surface area contributed by atoms with Crippen LogP contribution in [0.2, 0.25) is 0 Å². The lowest BCUT2D eigenvalue weighted by Crippen LogP contribution is -2.46. The Hall–Kier alpha value is -2.17. The van der Waals surface area contributed by atoms with Gasteiger partial charge >= 0.3 is 5.97 Å². The Morgan fingerprint density at radius 2 is 2.00 bits per heavy atom. The average molecular weight is 573 g/mol. The summed E-state index contributed by atoms with van der Waals surface area (Å²) in [6, 6.07) is 5.83. The van der Waals surface area contributed by atoms with Gasteiger partial charge in [-0.3, -0.25) is 9.59 Å². The highest BCUT2D eigenvalue weighted by molar-refractivity contribution is 7.18. The number of epoxide rings is 1. The Kier molecular flexibility index (Phi) is 9.52. The van der Waals surface area contributed by atoms with Gasteiger partial charge in [-0.05, 0) is 56.2 Å².